The van der Waals surface area contributed by atoms with E-state index in [1.165, 1.54) is 17.3 Å². The number of hydrogen-bond donors (Lipinski definition) is 0. The first kappa shape index (κ1) is 19.1. The zero-order valence-corrected chi connectivity index (χ0v) is 17.0. The van der Waals surface area contributed by atoms with Crippen LogP contribution >= 0.6 is 11.8 Å². The average molecular weight is 408 g/mol. The third-order valence-electron chi connectivity index (χ3n) is 4.25. The van der Waals surface area contributed by atoms with Crippen LogP contribution in [0, 0.1) is 0 Å². The monoisotopic (exact) mass is 408 g/mol. The Labute approximate surface area is 172 Å². The number of aryl methyl sites for hydroxylation is 1. The van der Waals surface area contributed by atoms with Gasteiger partial charge < -0.3 is 9.26 Å². The van der Waals surface area contributed by atoms with Crippen LogP contribution in [0.1, 0.15) is 25.3 Å². The zero-order valence-electron chi connectivity index (χ0n) is 16.1. The van der Waals surface area contributed by atoms with Crippen LogP contribution in [0.4, 0.5) is 0 Å². The highest BCUT2D eigenvalue weighted by Crippen LogP contribution is 2.28. The van der Waals surface area contributed by atoms with E-state index in [4.69, 9.17) is 9.26 Å². The highest BCUT2D eigenvalue weighted by molar-refractivity contribution is 7.98. The Balaban J connectivity index is 1.49. The minimum Gasteiger partial charge on any atom is -0.492 e. The Kier molecular flexibility index (Phi) is 5.85. The van der Waals surface area contributed by atoms with E-state index >= 15 is 0 Å². The van der Waals surface area contributed by atoms with E-state index in [1.807, 2.05) is 43.3 Å². The molecule has 0 saturated carbocycles. The Morgan fingerprint density at radius 2 is 1.90 bits per heavy atom. The topological polar surface area (TPSA) is 91.8 Å². The molecule has 4 rings (SSSR count). The van der Waals surface area contributed by atoms with Crippen molar-refractivity contribution < 1.29 is 9.26 Å². The molecule has 9 heteroatoms. The minimum atomic E-state index is 0.456. The molecule has 8 nitrogen and oxygen atoms in total. The van der Waals surface area contributed by atoms with Crippen molar-refractivity contribution >= 4 is 11.8 Å². The van der Waals surface area contributed by atoms with Gasteiger partial charge in [0.1, 0.15) is 11.4 Å². The third-order valence-corrected chi connectivity index (χ3v) is 5.15. The van der Waals surface area contributed by atoms with Crippen molar-refractivity contribution in [1.29, 1.82) is 0 Å². The number of aromatic nitrogens is 6. The molecule has 0 radical (unpaired) electrons. The number of hydrogen-bond acceptors (Lipinski definition) is 8. The average Bonchev–Trinajstić information content (AvgIpc) is 3.42. The number of rotatable bonds is 8. The largest absolute Gasteiger partial charge is 0.492 e. The lowest BCUT2D eigenvalue weighted by atomic mass is 10.1. The second-order valence-electron chi connectivity index (χ2n) is 6.12. The van der Waals surface area contributed by atoms with E-state index in [0.717, 1.165) is 23.4 Å². The SMILES string of the molecule is CCOc1ccccc1-n1nnnc1SCc1nc(-c2ccc(CC)cc2)no1. The molecule has 0 N–H and O–H groups in total. The van der Waals surface area contributed by atoms with Crippen molar-refractivity contribution in [3.8, 4) is 22.8 Å². The molecule has 4 aromatic rings. The summed E-state index contributed by atoms with van der Waals surface area (Å²) in [6.45, 7) is 4.62. The van der Waals surface area contributed by atoms with E-state index in [-0.39, 0.29) is 0 Å². The van der Waals surface area contributed by atoms with Gasteiger partial charge in [0, 0.05) is 5.56 Å². The van der Waals surface area contributed by atoms with E-state index in [9.17, 15) is 0 Å². The number of benzene rings is 2. The first-order valence-corrected chi connectivity index (χ1v) is 10.3. The quantitative estimate of drug-likeness (QED) is 0.405. The van der Waals surface area contributed by atoms with Gasteiger partial charge in [0.15, 0.2) is 0 Å². The van der Waals surface area contributed by atoms with Gasteiger partial charge in [-0.15, -0.1) is 5.10 Å². The Bertz CT molecular complexity index is 1080. The van der Waals surface area contributed by atoms with E-state index in [0.29, 0.717) is 29.2 Å². The molecule has 2 heterocycles. The predicted molar refractivity (Wildman–Crippen MR) is 109 cm³/mol. The standard InChI is InChI=1S/C20H20N6O2S/c1-3-14-9-11-15(12-10-14)19-21-18(28-23-19)13-29-20-22-24-25-26(20)16-7-5-6-8-17(16)27-4-2/h5-12H,3-4,13H2,1-2H3. The van der Waals surface area contributed by atoms with E-state index in [2.05, 4.69) is 44.7 Å². The van der Waals surface area contributed by atoms with Gasteiger partial charge in [0.25, 0.3) is 0 Å². The van der Waals surface area contributed by atoms with Gasteiger partial charge in [-0.1, -0.05) is 60.2 Å². The fourth-order valence-electron chi connectivity index (χ4n) is 2.78. The number of thioether (sulfide) groups is 1. The van der Waals surface area contributed by atoms with Crippen LogP contribution in [0.5, 0.6) is 5.75 Å². The molecule has 0 amide bonds. The first-order chi connectivity index (χ1) is 14.3. The van der Waals surface area contributed by atoms with Crippen molar-refractivity contribution in [2.75, 3.05) is 6.61 Å². The Morgan fingerprint density at radius 3 is 2.69 bits per heavy atom. The van der Waals surface area contributed by atoms with Gasteiger partial charge in [-0.05, 0) is 41.5 Å². The summed E-state index contributed by atoms with van der Waals surface area (Å²) in [5, 5.41) is 16.7. The van der Waals surface area contributed by atoms with Gasteiger partial charge in [-0.25, -0.2) is 0 Å². The summed E-state index contributed by atoms with van der Waals surface area (Å²) in [6, 6.07) is 15.8. The van der Waals surface area contributed by atoms with Crippen molar-refractivity contribution in [2.24, 2.45) is 0 Å². The molecule has 0 fully saturated rings. The lowest BCUT2D eigenvalue weighted by molar-refractivity contribution is 0.337. The van der Waals surface area contributed by atoms with Gasteiger partial charge in [-0.2, -0.15) is 9.67 Å². The van der Waals surface area contributed by atoms with E-state index in [1.54, 1.807) is 4.68 Å². The summed E-state index contributed by atoms with van der Waals surface area (Å²) >= 11 is 1.42. The lowest BCUT2D eigenvalue weighted by Crippen LogP contribution is -2.03. The summed E-state index contributed by atoms with van der Waals surface area (Å²) in [6.07, 6.45) is 0.996. The molecule has 0 aliphatic carbocycles. The maximum atomic E-state index is 5.68. The molecule has 2 aromatic carbocycles. The van der Waals surface area contributed by atoms with Crippen molar-refractivity contribution in [3.63, 3.8) is 0 Å². The van der Waals surface area contributed by atoms with Crippen molar-refractivity contribution in [1.82, 2.24) is 30.3 Å². The summed E-state index contributed by atoms with van der Waals surface area (Å²) in [7, 11) is 0. The van der Waals surface area contributed by atoms with Gasteiger partial charge in [0.2, 0.25) is 16.9 Å². The van der Waals surface area contributed by atoms with E-state index < -0.39 is 0 Å². The maximum absolute atomic E-state index is 5.68. The molecule has 0 atom stereocenters. The molecule has 2 aromatic heterocycles. The van der Waals surface area contributed by atoms with Crippen LogP contribution < -0.4 is 4.74 Å². The van der Waals surface area contributed by atoms with Gasteiger partial charge >= 0.3 is 0 Å². The number of nitrogens with zero attached hydrogens (tertiary/aromatic N) is 6. The predicted octanol–water partition coefficient (Wildman–Crippen LogP) is 3.97. The Morgan fingerprint density at radius 1 is 1.07 bits per heavy atom. The summed E-state index contributed by atoms with van der Waals surface area (Å²) in [4.78, 5) is 4.48. The number of para-hydroxylation sites is 2. The molecule has 29 heavy (non-hydrogen) atoms. The molecular weight excluding hydrogens is 388 g/mol. The second kappa shape index (κ2) is 8.87. The molecular formula is C20H20N6O2S. The first-order valence-electron chi connectivity index (χ1n) is 9.33. The van der Waals surface area contributed by atoms with Crippen LogP contribution in [0.2, 0.25) is 0 Å². The third kappa shape index (κ3) is 4.29. The van der Waals surface area contributed by atoms with Gasteiger partial charge in [-0.3, -0.25) is 0 Å². The molecule has 0 spiro atoms. The second-order valence-corrected chi connectivity index (χ2v) is 7.07. The van der Waals surface area contributed by atoms with Crippen LogP contribution in [-0.2, 0) is 12.2 Å². The summed E-state index contributed by atoms with van der Waals surface area (Å²) in [5.41, 5.74) is 2.98. The number of ether oxygens (including phenoxy) is 1. The molecule has 148 valence electrons. The highest BCUT2D eigenvalue weighted by atomic mass is 32.2. The highest BCUT2D eigenvalue weighted by Gasteiger charge is 2.15. The molecule has 0 aliphatic heterocycles. The van der Waals surface area contributed by atoms with Crippen LogP contribution in [0.3, 0.4) is 0 Å². The molecule has 0 bridgehead atoms. The van der Waals surface area contributed by atoms with Crippen LogP contribution in [0.25, 0.3) is 17.1 Å². The molecule has 0 aliphatic rings. The smallest absolute Gasteiger partial charge is 0.237 e. The zero-order chi connectivity index (χ0) is 20.1. The maximum Gasteiger partial charge on any atom is 0.237 e. The number of tetrazole rings is 1. The lowest BCUT2D eigenvalue weighted by Gasteiger charge is -2.10. The van der Waals surface area contributed by atoms with Crippen LogP contribution in [-0.4, -0.2) is 37.0 Å². The molecule has 0 unspecified atom stereocenters. The summed E-state index contributed by atoms with van der Waals surface area (Å²) in [5.74, 6) is 2.26. The fraction of sp³-hybridized carbons (Fsp3) is 0.250. The van der Waals surface area contributed by atoms with Crippen molar-refractivity contribution in [3.05, 3.63) is 60.0 Å². The summed E-state index contributed by atoms with van der Waals surface area (Å²) < 4.78 is 12.7. The fourth-order valence-corrected chi connectivity index (χ4v) is 3.50. The minimum absolute atomic E-state index is 0.456. The molecule has 0 saturated heterocycles. The normalized spacial score (nSPS) is 11.0. The van der Waals surface area contributed by atoms with Crippen LogP contribution in [0.15, 0.2) is 58.2 Å². The Hall–Kier alpha value is -3.20. The van der Waals surface area contributed by atoms with Crippen molar-refractivity contribution in [2.45, 2.75) is 31.2 Å². The van der Waals surface area contributed by atoms with Gasteiger partial charge in [0.05, 0.1) is 12.4 Å².